The number of nitrogens with zero attached hydrogens (tertiary/aromatic N) is 2. The van der Waals surface area contributed by atoms with Gasteiger partial charge in [0.2, 0.25) is 0 Å². The van der Waals surface area contributed by atoms with Crippen molar-refractivity contribution in [1.82, 2.24) is 9.13 Å². The lowest BCUT2D eigenvalue weighted by molar-refractivity contribution is 0.538. The smallest absolute Gasteiger partial charge is 0.0565 e. The second-order valence-corrected chi connectivity index (χ2v) is 11.6. The van der Waals surface area contributed by atoms with Gasteiger partial charge in [-0.3, -0.25) is 0 Å². The van der Waals surface area contributed by atoms with Crippen molar-refractivity contribution in [3.63, 3.8) is 0 Å². The van der Waals surface area contributed by atoms with Gasteiger partial charge in [0.15, 0.2) is 0 Å². The number of fused-ring (bicyclic) bond motifs is 2. The van der Waals surface area contributed by atoms with Crippen LogP contribution in [0.25, 0.3) is 56.5 Å². The topological polar surface area (TPSA) is 9.86 Å². The standard InChI is InChI=1S/C38H38N2/c1-27(2)25-39-35-21-13-11-19-31(35)33(37(39)29-15-7-5-8-16-29)23-24-34-32-20-12-14-22-36(32)40(26-28(3)4)38(34)30-17-9-6-10-18-30/h5-24,27-28H,25-26H2,1-4H3/b24-23+. The highest BCUT2D eigenvalue weighted by Crippen LogP contribution is 2.39. The molecular formula is C38H38N2. The lowest BCUT2D eigenvalue weighted by Crippen LogP contribution is -2.06. The summed E-state index contributed by atoms with van der Waals surface area (Å²) in [7, 11) is 0. The van der Waals surface area contributed by atoms with Gasteiger partial charge in [-0.1, -0.05) is 137 Å². The normalized spacial score (nSPS) is 12.1. The summed E-state index contributed by atoms with van der Waals surface area (Å²) in [4.78, 5) is 0. The van der Waals surface area contributed by atoms with Crippen molar-refractivity contribution in [2.75, 3.05) is 0 Å². The van der Waals surface area contributed by atoms with E-state index in [0.717, 1.165) is 13.1 Å². The molecule has 2 nitrogen and oxygen atoms in total. The van der Waals surface area contributed by atoms with Gasteiger partial charge in [-0.2, -0.15) is 0 Å². The van der Waals surface area contributed by atoms with Crippen LogP contribution in [0.5, 0.6) is 0 Å². The monoisotopic (exact) mass is 522 g/mol. The van der Waals surface area contributed by atoms with Crippen LogP contribution in [0.15, 0.2) is 109 Å². The molecule has 6 rings (SSSR count). The first kappa shape index (κ1) is 26.0. The van der Waals surface area contributed by atoms with Crippen LogP contribution in [0.2, 0.25) is 0 Å². The first-order chi connectivity index (χ1) is 19.5. The Morgan fingerprint density at radius 3 is 1.20 bits per heavy atom. The molecule has 2 heterocycles. The zero-order valence-electron chi connectivity index (χ0n) is 24.0. The third-order valence-electron chi connectivity index (χ3n) is 7.63. The van der Waals surface area contributed by atoms with E-state index in [2.05, 4.69) is 158 Å². The summed E-state index contributed by atoms with van der Waals surface area (Å²) in [6.07, 6.45) is 4.74. The maximum absolute atomic E-state index is 2.52. The lowest BCUT2D eigenvalue weighted by Gasteiger charge is -2.15. The zero-order chi connectivity index (χ0) is 27.6. The molecule has 0 aliphatic heterocycles. The average Bonchev–Trinajstić information content (AvgIpc) is 3.44. The molecule has 0 saturated heterocycles. The second-order valence-electron chi connectivity index (χ2n) is 11.6. The first-order valence-electron chi connectivity index (χ1n) is 14.5. The van der Waals surface area contributed by atoms with Gasteiger partial charge in [0.25, 0.3) is 0 Å². The van der Waals surface area contributed by atoms with E-state index in [9.17, 15) is 0 Å². The Morgan fingerprint density at radius 2 is 0.825 bits per heavy atom. The van der Waals surface area contributed by atoms with Gasteiger partial charge in [0.05, 0.1) is 11.4 Å². The van der Waals surface area contributed by atoms with Crippen LogP contribution in [0.3, 0.4) is 0 Å². The summed E-state index contributed by atoms with van der Waals surface area (Å²) in [5, 5.41) is 2.59. The molecule has 2 aromatic heterocycles. The van der Waals surface area contributed by atoms with Crippen LogP contribution >= 0.6 is 0 Å². The fraction of sp³-hybridized carbons (Fsp3) is 0.211. The largest absolute Gasteiger partial charge is 0.340 e. The van der Waals surface area contributed by atoms with Crippen molar-refractivity contribution in [1.29, 1.82) is 0 Å². The number of para-hydroxylation sites is 2. The summed E-state index contributed by atoms with van der Waals surface area (Å²) >= 11 is 0. The van der Waals surface area contributed by atoms with E-state index in [-0.39, 0.29) is 0 Å². The molecule has 0 fully saturated rings. The quantitative estimate of drug-likeness (QED) is 0.188. The Morgan fingerprint density at radius 1 is 0.475 bits per heavy atom. The van der Waals surface area contributed by atoms with Crippen molar-refractivity contribution in [3.05, 3.63) is 120 Å². The SMILES string of the molecule is CC(C)Cn1c(-c2ccccc2)c(/C=C/c2c(-c3ccccc3)n(CC(C)C)c3ccccc23)c2ccccc21. The summed E-state index contributed by atoms with van der Waals surface area (Å²) < 4.78 is 5.05. The van der Waals surface area contributed by atoms with Crippen molar-refractivity contribution < 1.29 is 0 Å². The summed E-state index contributed by atoms with van der Waals surface area (Å²) in [6.45, 7) is 11.1. The van der Waals surface area contributed by atoms with Crippen LogP contribution in [0, 0.1) is 11.8 Å². The highest BCUT2D eigenvalue weighted by Gasteiger charge is 2.20. The van der Waals surface area contributed by atoms with Crippen LogP contribution in [0.4, 0.5) is 0 Å². The maximum atomic E-state index is 2.52. The fourth-order valence-corrected chi connectivity index (χ4v) is 6.09. The molecule has 0 unspecified atom stereocenters. The van der Waals surface area contributed by atoms with Gasteiger partial charge in [-0.05, 0) is 35.1 Å². The first-order valence-corrected chi connectivity index (χ1v) is 14.5. The number of hydrogen-bond donors (Lipinski definition) is 0. The molecule has 0 spiro atoms. The Kier molecular flexibility index (Phi) is 7.17. The van der Waals surface area contributed by atoms with Gasteiger partial charge in [-0.15, -0.1) is 0 Å². The second kappa shape index (κ2) is 11.1. The van der Waals surface area contributed by atoms with Crippen LogP contribution < -0.4 is 0 Å². The molecule has 6 aromatic rings. The van der Waals surface area contributed by atoms with Gasteiger partial charge >= 0.3 is 0 Å². The zero-order valence-corrected chi connectivity index (χ0v) is 24.0. The predicted octanol–water partition coefficient (Wildman–Crippen LogP) is 10.4. The van der Waals surface area contributed by atoms with Gasteiger partial charge < -0.3 is 9.13 Å². The van der Waals surface area contributed by atoms with E-state index in [1.165, 1.54) is 55.4 Å². The third-order valence-corrected chi connectivity index (χ3v) is 7.63. The molecule has 0 atom stereocenters. The van der Waals surface area contributed by atoms with Crippen LogP contribution in [0.1, 0.15) is 38.8 Å². The summed E-state index contributed by atoms with van der Waals surface area (Å²) in [6, 6.07) is 39.5. The fourth-order valence-electron chi connectivity index (χ4n) is 6.09. The predicted molar refractivity (Wildman–Crippen MR) is 173 cm³/mol. The molecule has 2 heteroatoms. The highest BCUT2D eigenvalue weighted by molar-refractivity contribution is 6.04. The number of aromatic nitrogens is 2. The van der Waals surface area contributed by atoms with E-state index in [0.29, 0.717) is 11.8 Å². The number of hydrogen-bond acceptors (Lipinski definition) is 0. The Labute approximate surface area is 238 Å². The highest BCUT2D eigenvalue weighted by atomic mass is 15.0. The minimum atomic E-state index is 0.536. The minimum absolute atomic E-state index is 0.536. The molecule has 40 heavy (non-hydrogen) atoms. The van der Waals surface area contributed by atoms with Gasteiger partial charge in [0.1, 0.15) is 0 Å². The molecule has 0 bridgehead atoms. The van der Waals surface area contributed by atoms with Crippen molar-refractivity contribution in [2.24, 2.45) is 11.8 Å². The molecular weight excluding hydrogens is 484 g/mol. The maximum Gasteiger partial charge on any atom is 0.0565 e. The van der Waals surface area contributed by atoms with E-state index >= 15 is 0 Å². The average molecular weight is 523 g/mol. The summed E-state index contributed by atoms with van der Waals surface area (Å²) in [5.74, 6) is 1.07. The molecule has 4 aromatic carbocycles. The van der Waals surface area contributed by atoms with Gasteiger partial charge in [-0.25, -0.2) is 0 Å². The Bertz CT molecular complexity index is 1650. The molecule has 0 aliphatic carbocycles. The minimum Gasteiger partial charge on any atom is -0.340 e. The molecule has 200 valence electrons. The number of benzene rings is 4. The van der Waals surface area contributed by atoms with Crippen LogP contribution in [-0.2, 0) is 13.1 Å². The van der Waals surface area contributed by atoms with E-state index in [4.69, 9.17) is 0 Å². The molecule has 0 N–H and O–H groups in total. The van der Waals surface area contributed by atoms with E-state index in [1.54, 1.807) is 0 Å². The summed E-state index contributed by atoms with van der Waals surface area (Å²) in [5.41, 5.74) is 10.2. The van der Waals surface area contributed by atoms with Crippen molar-refractivity contribution in [3.8, 4) is 22.5 Å². The molecule has 0 aliphatic rings. The third kappa shape index (κ3) is 4.79. The molecule has 0 saturated carbocycles. The van der Waals surface area contributed by atoms with E-state index in [1.807, 2.05) is 0 Å². The van der Waals surface area contributed by atoms with Crippen LogP contribution in [-0.4, -0.2) is 9.13 Å². The Hall–Kier alpha value is -4.30. The van der Waals surface area contributed by atoms with Gasteiger partial charge in [0, 0.05) is 46.0 Å². The van der Waals surface area contributed by atoms with Crippen molar-refractivity contribution >= 4 is 34.0 Å². The molecule has 0 amide bonds. The lowest BCUT2D eigenvalue weighted by atomic mass is 10.0. The van der Waals surface area contributed by atoms with Crippen molar-refractivity contribution in [2.45, 2.75) is 40.8 Å². The Balaban J connectivity index is 1.64. The molecule has 0 radical (unpaired) electrons. The number of rotatable bonds is 8. The van der Waals surface area contributed by atoms with E-state index < -0.39 is 0 Å².